The van der Waals surface area contributed by atoms with E-state index in [0.29, 0.717) is 5.56 Å². The van der Waals surface area contributed by atoms with Crippen LogP contribution in [0.15, 0.2) is 42.5 Å². The minimum Gasteiger partial charge on any atom is -0.482 e. The molecule has 1 amide bonds. The molecule has 0 aromatic heterocycles. The molecule has 0 atom stereocenters. The molecule has 0 unspecified atom stereocenters. The van der Waals surface area contributed by atoms with E-state index < -0.39 is 24.5 Å². The highest BCUT2D eigenvalue weighted by Crippen LogP contribution is 2.24. The lowest BCUT2D eigenvalue weighted by Gasteiger charge is -2.10. The number of benzene rings is 2. The summed E-state index contributed by atoms with van der Waals surface area (Å²) < 4.78 is 58.7. The summed E-state index contributed by atoms with van der Waals surface area (Å²) in [5, 5.41) is 2.68. The van der Waals surface area contributed by atoms with Crippen LogP contribution < -0.4 is 10.1 Å². The Morgan fingerprint density at radius 1 is 1.07 bits per heavy atom. The fourth-order valence-electron chi connectivity index (χ4n) is 2.03. The molecule has 0 fully saturated rings. The molecule has 0 aliphatic heterocycles. The number of rotatable bonds is 8. The van der Waals surface area contributed by atoms with Crippen LogP contribution in [0.5, 0.6) is 5.75 Å². The van der Waals surface area contributed by atoms with Crippen molar-refractivity contribution in [2.24, 2.45) is 0 Å². The van der Waals surface area contributed by atoms with Crippen molar-refractivity contribution in [1.82, 2.24) is 5.32 Å². The van der Waals surface area contributed by atoms with E-state index in [1.165, 1.54) is 12.1 Å². The Morgan fingerprint density at radius 2 is 1.74 bits per heavy atom. The fourth-order valence-corrected chi connectivity index (χ4v) is 2.25. The highest BCUT2D eigenvalue weighted by Gasteiger charge is 2.27. The minimum absolute atomic E-state index is 0.0612. The van der Waals surface area contributed by atoms with Gasteiger partial charge in [0, 0.05) is 6.54 Å². The number of carbonyl (C=O) groups excluding carboxylic acids is 1. The first-order chi connectivity index (χ1) is 12.7. The van der Waals surface area contributed by atoms with Gasteiger partial charge >= 0.3 is 6.18 Å². The van der Waals surface area contributed by atoms with Crippen molar-refractivity contribution in [2.75, 3.05) is 13.2 Å². The quantitative estimate of drug-likeness (QED) is 0.668. The highest BCUT2D eigenvalue weighted by atomic mass is 35.5. The smallest absolute Gasteiger partial charge is 0.411 e. The van der Waals surface area contributed by atoms with Crippen molar-refractivity contribution < 1.29 is 31.8 Å². The number of ether oxygens (including phenoxy) is 2. The largest absolute Gasteiger partial charge is 0.482 e. The van der Waals surface area contributed by atoms with Crippen LogP contribution in [0.25, 0.3) is 0 Å². The van der Waals surface area contributed by atoms with Gasteiger partial charge in [-0.25, -0.2) is 4.39 Å². The summed E-state index contributed by atoms with van der Waals surface area (Å²) in [5.41, 5.74) is 1.34. The first kappa shape index (κ1) is 21.0. The molecule has 1 N–H and O–H groups in total. The van der Waals surface area contributed by atoms with Crippen molar-refractivity contribution in [1.29, 1.82) is 0 Å². The van der Waals surface area contributed by atoms with Gasteiger partial charge in [0.15, 0.2) is 6.61 Å². The van der Waals surface area contributed by atoms with Gasteiger partial charge in [0.05, 0.1) is 11.6 Å². The minimum atomic E-state index is -4.36. The molecule has 0 aliphatic carbocycles. The molecule has 0 bridgehead atoms. The number of halogens is 5. The average Bonchev–Trinajstić information content (AvgIpc) is 2.59. The Balaban J connectivity index is 1.73. The van der Waals surface area contributed by atoms with Gasteiger partial charge in [-0.1, -0.05) is 35.9 Å². The van der Waals surface area contributed by atoms with E-state index >= 15 is 0 Å². The third-order valence-corrected chi connectivity index (χ3v) is 3.60. The normalized spacial score (nSPS) is 11.3. The molecule has 0 saturated heterocycles. The van der Waals surface area contributed by atoms with E-state index in [-0.39, 0.29) is 30.5 Å². The zero-order valence-corrected chi connectivity index (χ0v) is 14.7. The maximum Gasteiger partial charge on any atom is 0.411 e. The second-order valence-electron chi connectivity index (χ2n) is 5.56. The predicted molar refractivity (Wildman–Crippen MR) is 90.9 cm³/mol. The van der Waals surface area contributed by atoms with Crippen molar-refractivity contribution in [3.05, 3.63) is 64.4 Å². The third kappa shape index (κ3) is 7.84. The molecule has 4 nitrogen and oxygen atoms in total. The second-order valence-corrected chi connectivity index (χ2v) is 5.97. The van der Waals surface area contributed by atoms with Crippen LogP contribution >= 0.6 is 11.6 Å². The summed E-state index contributed by atoms with van der Waals surface area (Å²) >= 11 is 5.79. The van der Waals surface area contributed by atoms with Crippen LogP contribution in [0, 0.1) is 5.82 Å². The standard InChI is InChI=1S/C18H16ClF4NO3/c19-15-7-14(20)5-6-16(15)27-10-17(25)24-8-12-1-3-13(4-2-12)9-26-11-18(21,22)23/h1-7H,8-11H2,(H,24,25). The number of carbonyl (C=O) groups is 1. The molecule has 9 heteroatoms. The van der Waals surface area contributed by atoms with Crippen molar-refractivity contribution in [2.45, 2.75) is 19.3 Å². The molecular weight excluding hydrogens is 390 g/mol. The summed E-state index contributed by atoms with van der Waals surface area (Å²) in [6.45, 7) is -1.54. The van der Waals surface area contributed by atoms with Gasteiger partial charge < -0.3 is 14.8 Å². The molecular formula is C18H16ClF4NO3. The Bertz CT molecular complexity index is 766. The highest BCUT2D eigenvalue weighted by molar-refractivity contribution is 6.32. The number of nitrogens with one attached hydrogen (secondary N) is 1. The van der Waals surface area contributed by atoms with E-state index in [0.717, 1.165) is 11.6 Å². The molecule has 0 saturated carbocycles. The lowest BCUT2D eigenvalue weighted by Crippen LogP contribution is -2.28. The first-order valence-corrected chi connectivity index (χ1v) is 8.17. The summed E-state index contributed by atoms with van der Waals surface area (Å²) in [7, 11) is 0. The molecule has 0 radical (unpaired) electrons. The molecule has 2 rings (SSSR count). The van der Waals surface area contributed by atoms with Crippen LogP contribution in [0.4, 0.5) is 17.6 Å². The summed E-state index contributed by atoms with van der Waals surface area (Å²) in [6.07, 6.45) is -4.36. The maximum atomic E-state index is 12.9. The van der Waals surface area contributed by atoms with Crippen molar-refractivity contribution in [3.8, 4) is 5.75 Å². The van der Waals surface area contributed by atoms with E-state index in [9.17, 15) is 22.4 Å². The monoisotopic (exact) mass is 405 g/mol. The number of hydrogen-bond donors (Lipinski definition) is 1. The van der Waals surface area contributed by atoms with Crippen LogP contribution in [0.2, 0.25) is 5.02 Å². The van der Waals surface area contributed by atoms with E-state index in [1.54, 1.807) is 24.3 Å². The lowest BCUT2D eigenvalue weighted by molar-refractivity contribution is -0.176. The summed E-state index contributed by atoms with van der Waals surface area (Å²) in [6, 6.07) is 10.1. The summed E-state index contributed by atoms with van der Waals surface area (Å²) in [5.74, 6) is -0.728. The number of hydrogen-bond acceptors (Lipinski definition) is 3. The Kier molecular flexibility index (Phi) is 7.44. The number of amides is 1. The van der Waals surface area contributed by atoms with Crippen LogP contribution in [0.1, 0.15) is 11.1 Å². The van der Waals surface area contributed by atoms with Gasteiger partial charge in [-0.05, 0) is 29.3 Å². The van der Waals surface area contributed by atoms with Crippen molar-refractivity contribution in [3.63, 3.8) is 0 Å². The molecule has 146 valence electrons. The topological polar surface area (TPSA) is 47.6 Å². The fraction of sp³-hybridized carbons (Fsp3) is 0.278. The Hall–Kier alpha value is -2.32. The second kappa shape index (κ2) is 9.57. The summed E-state index contributed by atoms with van der Waals surface area (Å²) in [4.78, 5) is 11.8. The number of alkyl halides is 3. The van der Waals surface area contributed by atoms with Crippen LogP contribution in [0.3, 0.4) is 0 Å². The molecule has 2 aromatic rings. The van der Waals surface area contributed by atoms with Gasteiger partial charge in [0.2, 0.25) is 0 Å². The lowest BCUT2D eigenvalue weighted by atomic mass is 10.1. The van der Waals surface area contributed by atoms with Crippen LogP contribution in [-0.2, 0) is 22.7 Å². The third-order valence-electron chi connectivity index (χ3n) is 3.30. The SMILES string of the molecule is O=C(COc1ccc(F)cc1Cl)NCc1ccc(COCC(F)(F)F)cc1. The molecule has 27 heavy (non-hydrogen) atoms. The molecule has 0 aliphatic rings. The van der Waals surface area contributed by atoms with Gasteiger partial charge in [-0.15, -0.1) is 0 Å². The predicted octanol–water partition coefficient (Wildman–Crippen LogP) is 4.25. The van der Waals surface area contributed by atoms with Crippen LogP contribution in [-0.4, -0.2) is 25.3 Å². The Labute approximate surface area is 158 Å². The van der Waals surface area contributed by atoms with Gasteiger partial charge in [0.1, 0.15) is 18.2 Å². The molecule has 2 aromatic carbocycles. The van der Waals surface area contributed by atoms with E-state index in [4.69, 9.17) is 16.3 Å². The Morgan fingerprint density at radius 3 is 2.37 bits per heavy atom. The van der Waals surface area contributed by atoms with E-state index in [1.807, 2.05) is 0 Å². The molecule has 0 spiro atoms. The molecule has 0 heterocycles. The maximum absolute atomic E-state index is 12.9. The zero-order chi connectivity index (χ0) is 19.9. The van der Waals surface area contributed by atoms with E-state index in [2.05, 4.69) is 10.1 Å². The van der Waals surface area contributed by atoms with Crippen molar-refractivity contribution >= 4 is 17.5 Å². The van der Waals surface area contributed by atoms with Gasteiger partial charge in [-0.3, -0.25) is 4.79 Å². The van der Waals surface area contributed by atoms with Gasteiger partial charge in [-0.2, -0.15) is 13.2 Å². The zero-order valence-electron chi connectivity index (χ0n) is 14.0. The first-order valence-electron chi connectivity index (χ1n) is 7.80. The van der Waals surface area contributed by atoms with Gasteiger partial charge in [0.25, 0.3) is 5.91 Å². The average molecular weight is 406 g/mol.